The van der Waals surface area contributed by atoms with Crippen LogP contribution in [0.3, 0.4) is 0 Å². The quantitative estimate of drug-likeness (QED) is 0.516. The van der Waals surface area contributed by atoms with Crippen LogP contribution >= 0.6 is 0 Å². The van der Waals surface area contributed by atoms with Gasteiger partial charge in [-0.05, 0) is 93.1 Å². The van der Waals surface area contributed by atoms with E-state index < -0.39 is 0 Å². The van der Waals surface area contributed by atoms with E-state index in [1.54, 1.807) is 14.2 Å². The van der Waals surface area contributed by atoms with Crippen molar-refractivity contribution in [2.24, 2.45) is 0 Å². The number of aromatic amines is 1. The highest BCUT2D eigenvalue weighted by molar-refractivity contribution is 5.91. The number of nitrogens with zero attached hydrogens (tertiary/aromatic N) is 2. The van der Waals surface area contributed by atoms with Gasteiger partial charge in [-0.15, -0.1) is 0 Å². The maximum Gasteiger partial charge on any atom is 0.161 e. The second-order valence-electron chi connectivity index (χ2n) is 10.8. The number of aryl methyl sites for hydroxylation is 1. The van der Waals surface area contributed by atoms with E-state index >= 15 is 0 Å². The van der Waals surface area contributed by atoms with E-state index in [2.05, 4.69) is 52.0 Å². The van der Waals surface area contributed by atoms with Gasteiger partial charge in [0, 0.05) is 41.3 Å². The van der Waals surface area contributed by atoms with Gasteiger partial charge >= 0.3 is 0 Å². The smallest absolute Gasteiger partial charge is 0.161 e. The Hall–Kier alpha value is -2.54. The molecule has 0 unspecified atom stereocenters. The summed E-state index contributed by atoms with van der Waals surface area (Å²) < 4.78 is 16.4. The Kier molecular flexibility index (Phi) is 6.67. The van der Waals surface area contributed by atoms with Gasteiger partial charge in [0.15, 0.2) is 11.5 Å². The molecule has 192 valence electrons. The van der Waals surface area contributed by atoms with Crippen LogP contribution < -0.4 is 9.47 Å². The highest BCUT2D eigenvalue weighted by atomic mass is 16.5. The maximum absolute atomic E-state index is 5.54. The van der Waals surface area contributed by atoms with Gasteiger partial charge in [0.05, 0.1) is 33.5 Å². The fraction of sp³-hybridized carbons (Fsp3) is 0.533. The lowest BCUT2D eigenvalue weighted by atomic mass is 9.87. The van der Waals surface area contributed by atoms with Crippen LogP contribution in [0, 0.1) is 6.92 Å². The molecule has 2 aromatic carbocycles. The molecular formula is C30H39N3O3. The molecule has 0 spiro atoms. The summed E-state index contributed by atoms with van der Waals surface area (Å²) >= 11 is 0. The number of fused-ring (bicyclic) bond motifs is 1. The molecular weight excluding hydrogens is 450 g/mol. The highest BCUT2D eigenvalue weighted by Gasteiger charge is 2.33. The number of piperidine rings is 2. The minimum absolute atomic E-state index is 0.650. The number of nitrogens with one attached hydrogen (secondary N) is 1. The Balaban J connectivity index is 1.13. The molecule has 3 aromatic rings. The third-order valence-corrected chi connectivity index (χ3v) is 8.91. The second kappa shape index (κ2) is 10.1. The largest absolute Gasteiger partial charge is 0.493 e. The molecule has 3 saturated heterocycles. The minimum atomic E-state index is 0.650. The molecule has 0 saturated carbocycles. The molecule has 6 rings (SSSR count). The van der Waals surface area contributed by atoms with Crippen molar-refractivity contribution in [3.05, 3.63) is 47.5 Å². The fourth-order valence-corrected chi connectivity index (χ4v) is 6.53. The first kappa shape index (κ1) is 23.8. The number of rotatable bonds is 6. The van der Waals surface area contributed by atoms with E-state index in [1.807, 2.05) is 6.07 Å². The van der Waals surface area contributed by atoms with Crippen molar-refractivity contribution in [2.75, 3.05) is 53.6 Å². The first-order chi connectivity index (χ1) is 17.6. The maximum atomic E-state index is 5.54. The molecule has 0 aliphatic carbocycles. The molecule has 6 heteroatoms. The van der Waals surface area contributed by atoms with E-state index in [-0.39, 0.29) is 0 Å². The van der Waals surface area contributed by atoms with Gasteiger partial charge in [0.2, 0.25) is 0 Å². The standard InChI is InChI=1S/C30H39N3O3/c1-20-26-16-22(4-6-27(26)31-30(20)23-5-7-28(34-2)29(17-23)35-3)21-8-12-32(13-9-21)24-10-14-33(15-11-24)25-18-36-19-25/h4-7,16-17,21,24-25,31H,8-15,18-19H2,1-3H3. The lowest BCUT2D eigenvalue weighted by Gasteiger charge is -2.45. The Morgan fingerprint density at radius 1 is 0.806 bits per heavy atom. The van der Waals surface area contributed by atoms with Gasteiger partial charge in [-0.3, -0.25) is 4.90 Å². The molecule has 0 radical (unpaired) electrons. The first-order valence-corrected chi connectivity index (χ1v) is 13.5. The summed E-state index contributed by atoms with van der Waals surface area (Å²) in [6.07, 6.45) is 5.14. The monoisotopic (exact) mass is 489 g/mol. The van der Waals surface area contributed by atoms with Gasteiger partial charge in [0.25, 0.3) is 0 Å². The van der Waals surface area contributed by atoms with Crippen molar-refractivity contribution >= 4 is 10.9 Å². The zero-order valence-corrected chi connectivity index (χ0v) is 21.9. The highest BCUT2D eigenvalue weighted by Crippen LogP contribution is 2.38. The molecule has 0 amide bonds. The molecule has 4 heterocycles. The van der Waals surface area contributed by atoms with E-state index in [0.717, 1.165) is 42.0 Å². The summed E-state index contributed by atoms with van der Waals surface area (Å²) in [7, 11) is 3.36. The first-order valence-electron chi connectivity index (χ1n) is 13.5. The zero-order valence-electron chi connectivity index (χ0n) is 21.9. The number of benzene rings is 2. The van der Waals surface area contributed by atoms with Gasteiger partial charge in [-0.1, -0.05) is 6.07 Å². The summed E-state index contributed by atoms with van der Waals surface area (Å²) in [4.78, 5) is 9.08. The number of hydrogen-bond acceptors (Lipinski definition) is 5. The van der Waals surface area contributed by atoms with E-state index in [0.29, 0.717) is 12.0 Å². The number of H-pyrrole nitrogens is 1. The zero-order chi connectivity index (χ0) is 24.6. The Morgan fingerprint density at radius 3 is 2.17 bits per heavy atom. The van der Waals surface area contributed by atoms with Crippen molar-refractivity contribution in [3.8, 4) is 22.8 Å². The molecule has 6 nitrogen and oxygen atoms in total. The number of hydrogen-bond donors (Lipinski definition) is 1. The van der Waals surface area contributed by atoms with Gasteiger partial charge in [0.1, 0.15) is 0 Å². The van der Waals surface area contributed by atoms with Crippen LogP contribution in [-0.4, -0.2) is 80.5 Å². The molecule has 3 aliphatic heterocycles. The van der Waals surface area contributed by atoms with Crippen molar-refractivity contribution in [1.82, 2.24) is 14.8 Å². The van der Waals surface area contributed by atoms with Crippen LogP contribution in [0.15, 0.2) is 36.4 Å². The molecule has 1 aromatic heterocycles. The predicted octanol–water partition coefficient (Wildman–Crippen LogP) is 5.20. The van der Waals surface area contributed by atoms with Gasteiger partial charge in [-0.25, -0.2) is 0 Å². The van der Waals surface area contributed by atoms with Crippen LogP contribution in [0.2, 0.25) is 0 Å². The summed E-state index contributed by atoms with van der Waals surface area (Å²) in [5.74, 6) is 2.15. The lowest BCUT2D eigenvalue weighted by molar-refractivity contribution is -0.0768. The van der Waals surface area contributed by atoms with Gasteiger partial charge < -0.3 is 24.1 Å². The Morgan fingerprint density at radius 2 is 1.50 bits per heavy atom. The number of likely N-dealkylation sites (tertiary alicyclic amines) is 2. The summed E-state index contributed by atoms with van der Waals surface area (Å²) in [5, 5.41) is 1.33. The number of ether oxygens (including phenoxy) is 3. The summed E-state index contributed by atoms with van der Waals surface area (Å²) in [5.41, 5.74) is 6.25. The summed E-state index contributed by atoms with van der Waals surface area (Å²) in [6.45, 7) is 9.04. The topological polar surface area (TPSA) is 50.0 Å². The minimum Gasteiger partial charge on any atom is -0.493 e. The fourth-order valence-electron chi connectivity index (χ4n) is 6.53. The molecule has 36 heavy (non-hydrogen) atoms. The van der Waals surface area contributed by atoms with Crippen LogP contribution in [-0.2, 0) is 4.74 Å². The lowest BCUT2D eigenvalue weighted by Crippen LogP contribution is -2.55. The SMILES string of the molecule is COc1ccc(-c2[nH]c3ccc(C4CCN(C5CCN(C6COC6)CC5)CC4)cc3c2C)cc1OC. The van der Waals surface area contributed by atoms with Crippen LogP contribution in [0.5, 0.6) is 11.5 Å². The van der Waals surface area contributed by atoms with Crippen molar-refractivity contribution in [3.63, 3.8) is 0 Å². The predicted molar refractivity (Wildman–Crippen MR) is 144 cm³/mol. The Labute approximate surface area is 214 Å². The molecule has 0 atom stereocenters. The van der Waals surface area contributed by atoms with Crippen molar-refractivity contribution in [2.45, 2.75) is 50.6 Å². The third kappa shape index (κ3) is 4.40. The van der Waals surface area contributed by atoms with Crippen LogP contribution in [0.1, 0.15) is 42.7 Å². The molecule has 0 bridgehead atoms. The molecule has 3 aliphatic rings. The van der Waals surface area contributed by atoms with Crippen molar-refractivity contribution < 1.29 is 14.2 Å². The van der Waals surface area contributed by atoms with E-state index in [1.165, 1.54) is 73.9 Å². The number of aromatic nitrogens is 1. The van der Waals surface area contributed by atoms with Crippen molar-refractivity contribution in [1.29, 1.82) is 0 Å². The average Bonchev–Trinajstić information content (AvgIpc) is 3.23. The van der Waals surface area contributed by atoms with E-state index in [9.17, 15) is 0 Å². The van der Waals surface area contributed by atoms with Crippen LogP contribution in [0.4, 0.5) is 0 Å². The van der Waals surface area contributed by atoms with Gasteiger partial charge in [-0.2, -0.15) is 0 Å². The summed E-state index contributed by atoms with van der Waals surface area (Å²) in [6, 6.07) is 14.6. The molecule has 1 N–H and O–H groups in total. The number of methoxy groups -OCH3 is 2. The second-order valence-corrected chi connectivity index (χ2v) is 10.8. The molecule has 3 fully saturated rings. The average molecular weight is 490 g/mol. The normalized spacial score (nSPS) is 21.1. The Bertz CT molecular complexity index is 1200. The van der Waals surface area contributed by atoms with Crippen LogP contribution in [0.25, 0.3) is 22.2 Å². The van der Waals surface area contributed by atoms with E-state index in [4.69, 9.17) is 14.2 Å². The third-order valence-electron chi connectivity index (χ3n) is 8.91.